The molecule has 0 unspecified atom stereocenters. The Morgan fingerprint density at radius 3 is 1.87 bits per heavy atom. The molecule has 0 aromatic heterocycles. The summed E-state index contributed by atoms with van der Waals surface area (Å²) in [7, 11) is 1.25. The van der Waals surface area contributed by atoms with E-state index >= 15 is 0 Å². The fourth-order valence-corrected chi connectivity index (χ4v) is 1.45. The van der Waals surface area contributed by atoms with Gasteiger partial charge in [-0.3, -0.25) is 20.2 Å². The highest BCUT2D eigenvalue weighted by Gasteiger charge is 2.14. The molecule has 0 bridgehead atoms. The molecule has 0 saturated heterocycles. The van der Waals surface area contributed by atoms with E-state index in [-0.39, 0.29) is 11.4 Å². The van der Waals surface area contributed by atoms with Crippen molar-refractivity contribution in [3.05, 3.63) is 68.3 Å². The third-order valence-electron chi connectivity index (χ3n) is 2.47. The van der Waals surface area contributed by atoms with Crippen molar-refractivity contribution < 1.29 is 28.5 Å². The van der Waals surface area contributed by atoms with Gasteiger partial charge in [-0.1, -0.05) is 0 Å². The quantitative estimate of drug-likeness (QED) is 0.683. The Bertz CT molecular complexity index is 738. The van der Waals surface area contributed by atoms with Crippen LogP contribution in [0.15, 0.2) is 36.4 Å². The third-order valence-corrected chi connectivity index (χ3v) is 2.47. The smallest absolute Gasteiger partial charge is 0.311 e. The van der Waals surface area contributed by atoms with Crippen molar-refractivity contribution >= 4 is 11.4 Å². The molecule has 0 heterocycles. The van der Waals surface area contributed by atoms with Crippen LogP contribution in [-0.4, -0.2) is 22.1 Å². The van der Waals surface area contributed by atoms with Gasteiger partial charge in [0.2, 0.25) is 0 Å². The number of aromatic hydroxyl groups is 1. The molecule has 0 aliphatic carbocycles. The van der Waals surface area contributed by atoms with E-state index in [9.17, 15) is 29.0 Å². The summed E-state index contributed by atoms with van der Waals surface area (Å²) in [6, 6.07) is 5.56. The Kier molecular flexibility index (Phi) is 5.89. The van der Waals surface area contributed by atoms with Crippen LogP contribution >= 0.6 is 0 Å². The predicted molar refractivity (Wildman–Crippen MR) is 74.3 cm³/mol. The van der Waals surface area contributed by atoms with Crippen molar-refractivity contribution in [3.63, 3.8) is 0 Å². The van der Waals surface area contributed by atoms with E-state index in [0.717, 1.165) is 30.3 Å². The first-order chi connectivity index (χ1) is 10.8. The molecule has 0 aliphatic rings. The number of benzene rings is 2. The van der Waals surface area contributed by atoms with E-state index < -0.39 is 32.9 Å². The summed E-state index contributed by atoms with van der Waals surface area (Å²) in [6.07, 6.45) is 0. The van der Waals surface area contributed by atoms with Crippen LogP contribution in [0, 0.1) is 31.9 Å². The van der Waals surface area contributed by atoms with Crippen molar-refractivity contribution in [1.29, 1.82) is 0 Å². The highest BCUT2D eigenvalue weighted by Crippen LogP contribution is 2.26. The van der Waals surface area contributed by atoms with Crippen molar-refractivity contribution in [1.82, 2.24) is 0 Å². The zero-order valence-electron chi connectivity index (χ0n) is 11.6. The summed E-state index contributed by atoms with van der Waals surface area (Å²) in [5.74, 6) is -1.99. The molecular formula is C13H10F2N2O6. The largest absolute Gasteiger partial charge is 0.502 e. The predicted octanol–water partition coefficient (Wildman–Crippen LogP) is 3.18. The van der Waals surface area contributed by atoms with Gasteiger partial charge in [-0.25, -0.2) is 8.78 Å². The van der Waals surface area contributed by atoms with Crippen LogP contribution in [0.2, 0.25) is 0 Å². The molecular weight excluding hydrogens is 318 g/mol. The molecule has 0 fully saturated rings. The van der Waals surface area contributed by atoms with Gasteiger partial charge < -0.3 is 9.84 Å². The zero-order chi connectivity index (χ0) is 17.6. The number of halogens is 2. The number of ether oxygens (including phenoxy) is 1. The number of methoxy groups -OCH3 is 1. The van der Waals surface area contributed by atoms with E-state index in [1.807, 2.05) is 0 Å². The topological polar surface area (TPSA) is 116 Å². The van der Waals surface area contributed by atoms with Crippen LogP contribution in [-0.2, 0) is 0 Å². The maximum atomic E-state index is 12.5. The number of phenols is 1. The molecule has 2 rings (SSSR count). The Morgan fingerprint density at radius 2 is 1.43 bits per heavy atom. The van der Waals surface area contributed by atoms with Gasteiger partial charge in [-0.05, 0) is 12.1 Å². The molecule has 0 saturated carbocycles. The number of nitro groups is 2. The van der Waals surface area contributed by atoms with Gasteiger partial charge >= 0.3 is 11.4 Å². The van der Waals surface area contributed by atoms with E-state index in [2.05, 4.69) is 4.74 Å². The molecule has 0 aliphatic heterocycles. The average Bonchev–Trinajstić information content (AvgIpc) is 2.46. The molecule has 1 N–H and O–H groups in total. The molecule has 0 spiro atoms. The summed E-state index contributed by atoms with van der Waals surface area (Å²) < 4.78 is 29.3. The number of nitro benzene ring substituents is 2. The minimum Gasteiger partial charge on any atom is -0.502 e. The summed E-state index contributed by atoms with van der Waals surface area (Å²) in [5, 5.41) is 29.1. The Balaban J connectivity index is 0.000000231. The van der Waals surface area contributed by atoms with Gasteiger partial charge in [0.25, 0.3) is 0 Å². The van der Waals surface area contributed by atoms with Gasteiger partial charge in [-0.2, -0.15) is 0 Å². The molecule has 23 heavy (non-hydrogen) atoms. The van der Waals surface area contributed by atoms with Crippen molar-refractivity contribution in [3.8, 4) is 11.5 Å². The molecule has 122 valence electrons. The minimum atomic E-state index is -0.783. The molecule has 2 aromatic carbocycles. The standard InChI is InChI=1S/C7H6FNO3.C6H4FNO3/c1-12-7-4-5(8)2-3-6(7)9(10)11;7-4-1-2-5(8(10)11)6(9)3-4/h2-4H,1H3;1-3,9H. The average molecular weight is 328 g/mol. The number of rotatable bonds is 3. The lowest BCUT2D eigenvalue weighted by atomic mass is 10.3. The molecule has 0 radical (unpaired) electrons. The number of phenolic OH excluding ortho intramolecular Hbond substituents is 1. The minimum absolute atomic E-state index is 0.0694. The maximum absolute atomic E-state index is 12.5. The second kappa shape index (κ2) is 7.64. The SMILES string of the molecule is COc1cc(F)ccc1[N+](=O)[O-].O=[N+]([O-])c1ccc(F)cc1O. The van der Waals surface area contributed by atoms with Crippen molar-refractivity contribution in [2.45, 2.75) is 0 Å². The van der Waals surface area contributed by atoms with Crippen molar-refractivity contribution in [2.24, 2.45) is 0 Å². The van der Waals surface area contributed by atoms with Crippen LogP contribution in [0.1, 0.15) is 0 Å². The number of hydrogen-bond acceptors (Lipinski definition) is 6. The lowest BCUT2D eigenvalue weighted by Gasteiger charge is -1.99. The van der Waals surface area contributed by atoms with Crippen LogP contribution in [0.25, 0.3) is 0 Å². The van der Waals surface area contributed by atoms with Gasteiger partial charge in [0.1, 0.15) is 11.6 Å². The lowest BCUT2D eigenvalue weighted by Crippen LogP contribution is -1.93. The highest BCUT2D eigenvalue weighted by molar-refractivity contribution is 5.46. The first-order valence-electron chi connectivity index (χ1n) is 5.87. The van der Waals surface area contributed by atoms with Gasteiger partial charge in [0.05, 0.1) is 17.0 Å². The van der Waals surface area contributed by atoms with Gasteiger partial charge in [-0.15, -0.1) is 0 Å². The normalized spacial score (nSPS) is 9.52. The van der Waals surface area contributed by atoms with E-state index in [4.69, 9.17) is 5.11 Å². The first kappa shape index (κ1) is 17.8. The molecule has 0 atom stereocenters. The highest BCUT2D eigenvalue weighted by atomic mass is 19.1. The van der Waals surface area contributed by atoms with E-state index in [1.165, 1.54) is 7.11 Å². The summed E-state index contributed by atoms with van der Waals surface area (Å²) in [5.41, 5.74) is -0.731. The van der Waals surface area contributed by atoms with Crippen LogP contribution in [0.3, 0.4) is 0 Å². The molecule has 8 nitrogen and oxygen atoms in total. The fraction of sp³-hybridized carbons (Fsp3) is 0.0769. The van der Waals surface area contributed by atoms with Crippen LogP contribution < -0.4 is 4.74 Å². The third kappa shape index (κ3) is 4.88. The first-order valence-corrected chi connectivity index (χ1v) is 5.87. The van der Waals surface area contributed by atoms with Crippen molar-refractivity contribution in [2.75, 3.05) is 7.11 Å². The monoisotopic (exact) mass is 328 g/mol. The molecule has 0 amide bonds. The van der Waals surface area contributed by atoms with E-state index in [0.29, 0.717) is 6.07 Å². The summed E-state index contributed by atoms with van der Waals surface area (Å²) >= 11 is 0. The Morgan fingerprint density at radius 1 is 0.957 bits per heavy atom. The second-order valence-electron chi connectivity index (χ2n) is 3.96. The van der Waals surface area contributed by atoms with Gasteiger partial charge in [0.15, 0.2) is 11.5 Å². The molecule has 2 aromatic rings. The summed E-state index contributed by atoms with van der Waals surface area (Å²) in [6.45, 7) is 0. The lowest BCUT2D eigenvalue weighted by molar-refractivity contribution is -0.386. The Hall–Kier alpha value is -3.30. The number of hydrogen-bond donors (Lipinski definition) is 1. The second-order valence-corrected chi connectivity index (χ2v) is 3.96. The Labute approximate surface area is 127 Å². The zero-order valence-corrected chi connectivity index (χ0v) is 11.6. The van der Waals surface area contributed by atoms with E-state index in [1.54, 1.807) is 0 Å². The van der Waals surface area contributed by atoms with Crippen LogP contribution in [0.4, 0.5) is 20.2 Å². The number of nitrogens with zero attached hydrogens (tertiary/aromatic N) is 2. The molecule has 10 heteroatoms. The maximum Gasteiger partial charge on any atom is 0.311 e. The van der Waals surface area contributed by atoms with Gasteiger partial charge in [0, 0.05) is 24.3 Å². The fourth-order valence-electron chi connectivity index (χ4n) is 1.45. The van der Waals surface area contributed by atoms with Crippen LogP contribution in [0.5, 0.6) is 11.5 Å². The summed E-state index contributed by atoms with van der Waals surface area (Å²) in [4.78, 5) is 18.9.